The summed E-state index contributed by atoms with van der Waals surface area (Å²) in [7, 11) is 1.25. The summed E-state index contributed by atoms with van der Waals surface area (Å²) in [5, 5.41) is 10.9. The third-order valence-corrected chi connectivity index (χ3v) is 1.80. The van der Waals surface area contributed by atoms with E-state index in [2.05, 4.69) is 10.1 Å². The van der Waals surface area contributed by atoms with Gasteiger partial charge in [-0.15, -0.1) is 0 Å². The van der Waals surface area contributed by atoms with E-state index in [-0.39, 0.29) is 18.2 Å². The maximum atomic E-state index is 11.2. The van der Waals surface area contributed by atoms with Gasteiger partial charge in [-0.1, -0.05) is 6.92 Å². The molecule has 0 heterocycles. The van der Waals surface area contributed by atoms with Crippen LogP contribution in [0.3, 0.4) is 0 Å². The topological polar surface area (TPSA) is 79.2 Å². The predicted octanol–water partition coefficient (Wildman–Crippen LogP) is 0.214. The molecule has 2 atom stereocenters. The lowest BCUT2D eigenvalue weighted by atomic mass is 9.99. The van der Waals surface area contributed by atoms with E-state index < -0.39 is 12.0 Å². The fourth-order valence-electron chi connectivity index (χ4n) is 1.04. The number of nitrogens with zero attached hydrogens (tertiary/aromatic N) is 1. The highest BCUT2D eigenvalue weighted by atomic mass is 16.5. The molecule has 0 fully saturated rings. The highest BCUT2D eigenvalue weighted by Gasteiger charge is 2.26. The molecule has 0 bridgehead atoms. The smallest absolute Gasteiger partial charge is 0.328 e. The Bertz CT molecular complexity index is 257. The molecule has 0 saturated carbocycles. The minimum absolute atomic E-state index is 0.194. The van der Waals surface area contributed by atoms with Gasteiger partial charge >= 0.3 is 5.97 Å². The molecule has 0 unspecified atom stereocenters. The Morgan fingerprint density at radius 1 is 1.57 bits per heavy atom. The van der Waals surface area contributed by atoms with Crippen LogP contribution in [0, 0.1) is 17.2 Å². The average molecular weight is 198 g/mol. The minimum atomic E-state index is -0.739. The summed E-state index contributed by atoms with van der Waals surface area (Å²) < 4.78 is 4.52. The van der Waals surface area contributed by atoms with Crippen LogP contribution in [0.5, 0.6) is 0 Å². The predicted molar refractivity (Wildman–Crippen MR) is 49.0 cm³/mol. The largest absolute Gasteiger partial charge is 0.467 e. The summed E-state index contributed by atoms with van der Waals surface area (Å²) in [5.74, 6) is -1.09. The molecule has 0 saturated heterocycles. The van der Waals surface area contributed by atoms with Crippen molar-refractivity contribution in [2.24, 2.45) is 5.92 Å². The van der Waals surface area contributed by atoms with Crippen molar-refractivity contribution in [2.75, 3.05) is 7.11 Å². The monoisotopic (exact) mass is 198 g/mol. The van der Waals surface area contributed by atoms with E-state index >= 15 is 0 Å². The lowest BCUT2D eigenvalue weighted by Crippen LogP contribution is -2.44. The first kappa shape index (κ1) is 12.4. The standard InChI is InChI=1S/C9H14N2O3/c1-6(4-5-10)8(9(13)14-3)11-7(2)12/h6,8H,4H2,1-3H3,(H,11,12)/t6-,8-/m0/s1. The van der Waals surface area contributed by atoms with E-state index in [1.165, 1.54) is 14.0 Å². The molecule has 5 nitrogen and oxygen atoms in total. The van der Waals surface area contributed by atoms with Crippen LogP contribution < -0.4 is 5.32 Å². The highest BCUT2D eigenvalue weighted by Crippen LogP contribution is 2.08. The molecular formula is C9H14N2O3. The summed E-state index contributed by atoms with van der Waals surface area (Å²) in [5.41, 5.74) is 0. The van der Waals surface area contributed by atoms with Crippen LogP contribution in [0.4, 0.5) is 0 Å². The van der Waals surface area contributed by atoms with Gasteiger partial charge in [0.1, 0.15) is 6.04 Å². The lowest BCUT2D eigenvalue weighted by molar-refractivity contribution is -0.146. The van der Waals surface area contributed by atoms with Crippen LogP contribution in [0.2, 0.25) is 0 Å². The number of esters is 1. The summed E-state index contributed by atoms with van der Waals surface area (Å²) >= 11 is 0. The van der Waals surface area contributed by atoms with E-state index in [9.17, 15) is 9.59 Å². The van der Waals surface area contributed by atoms with Crippen molar-refractivity contribution in [2.45, 2.75) is 26.3 Å². The SMILES string of the molecule is COC(=O)[C@@H](NC(C)=O)[C@@H](C)CC#N. The zero-order valence-corrected chi connectivity index (χ0v) is 8.53. The molecule has 5 heteroatoms. The Morgan fingerprint density at radius 2 is 2.14 bits per heavy atom. The van der Waals surface area contributed by atoms with Gasteiger partial charge in [0.25, 0.3) is 0 Å². The van der Waals surface area contributed by atoms with E-state index in [1.807, 2.05) is 6.07 Å². The van der Waals surface area contributed by atoms with E-state index in [1.54, 1.807) is 6.92 Å². The van der Waals surface area contributed by atoms with Crippen LogP contribution >= 0.6 is 0 Å². The molecule has 0 radical (unpaired) electrons. The van der Waals surface area contributed by atoms with Crippen LogP contribution in [0.15, 0.2) is 0 Å². The summed E-state index contributed by atoms with van der Waals surface area (Å²) in [4.78, 5) is 22.0. The van der Waals surface area contributed by atoms with Gasteiger partial charge in [0, 0.05) is 19.3 Å². The molecule has 14 heavy (non-hydrogen) atoms. The average Bonchev–Trinajstić information content (AvgIpc) is 2.13. The van der Waals surface area contributed by atoms with Crippen molar-refractivity contribution in [3.05, 3.63) is 0 Å². The van der Waals surface area contributed by atoms with E-state index in [4.69, 9.17) is 5.26 Å². The summed E-state index contributed by atoms with van der Waals surface area (Å²) in [6.45, 7) is 3.02. The molecular weight excluding hydrogens is 184 g/mol. The van der Waals surface area contributed by atoms with Crippen molar-refractivity contribution in [3.8, 4) is 6.07 Å². The quantitative estimate of drug-likeness (QED) is 0.655. The maximum absolute atomic E-state index is 11.2. The normalized spacial score (nSPS) is 13.6. The second-order valence-electron chi connectivity index (χ2n) is 3.04. The number of amides is 1. The number of carbonyl (C=O) groups is 2. The number of nitrogens with one attached hydrogen (secondary N) is 1. The van der Waals surface area contributed by atoms with Crippen molar-refractivity contribution >= 4 is 11.9 Å². The fraction of sp³-hybridized carbons (Fsp3) is 0.667. The molecule has 0 spiro atoms. The summed E-state index contributed by atoms with van der Waals surface area (Å²) in [6, 6.07) is 1.20. The highest BCUT2D eigenvalue weighted by molar-refractivity contribution is 5.83. The van der Waals surface area contributed by atoms with Gasteiger partial charge in [0.05, 0.1) is 13.2 Å². The Hall–Kier alpha value is -1.57. The number of rotatable bonds is 4. The second-order valence-corrected chi connectivity index (χ2v) is 3.04. The fourth-order valence-corrected chi connectivity index (χ4v) is 1.04. The number of nitriles is 1. The number of hydrogen-bond acceptors (Lipinski definition) is 4. The number of ether oxygens (including phenoxy) is 1. The van der Waals surface area contributed by atoms with Crippen molar-refractivity contribution in [1.82, 2.24) is 5.32 Å². The zero-order valence-electron chi connectivity index (χ0n) is 8.53. The molecule has 0 aromatic carbocycles. The number of methoxy groups -OCH3 is 1. The van der Waals surface area contributed by atoms with Gasteiger partial charge < -0.3 is 10.1 Å². The van der Waals surface area contributed by atoms with Gasteiger partial charge in [0.2, 0.25) is 5.91 Å². The molecule has 0 aromatic heterocycles. The third kappa shape index (κ3) is 3.90. The lowest BCUT2D eigenvalue weighted by Gasteiger charge is -2.19. The molecule has 0 aliphatic rings. The Kier molecular flexibility index (Phi) is 5.30. The zero-order chi connectivity index (χ0) is 11.1. The van der Waals surface area contributed by atoms with Crippen LogP contribution in [-0.4, -0.2) is 25.0 Å². The van der Waals surface area contributed by atoms with Crippen molar-refractivity contribution < 1.29 is 14.3 Å². The van der Waals surface area contributed by atoms with Crippen LogP contribution in [-0.2, 0) is 14.3 Å². The number of hydrogen-bond donors (Lipinski definition) is 1. The van der Waals surface area contributed by atoms with Crippen LogP contribution in [0.1, 0.15) is 20.3 Å². The second kappa shape index (κ2) is 5.97. The molecule has 0 aliphatic heterocycles. The molecule has 0 rings (SSSR count). The maximum Gasteiger partial charge on any atom is 0.328 e. The van der Waals surface area contributed by atoms with Crippen molar-refractivity contribution in [1.29, 1.82) is 5.26 Å². The Labute approximate surface area is 83.0 Å². The first-order valence-electron chi connectivity index (χ1n) is 4.24. The molecule has 78 valence electrons. The molecule has 0 aliphatic carbocycles. The minimum Gasteiger partial charge on any atom is -0.467 e. The van der Waals surface area contributed by atoms with Gasteiger partial charge in [-0.3, -0.25) is 4.79 Å². The van der Waals surface area contributed by atoms with Gasteiger partial charge in [-0.2, -0.15) is 5.26 Å². The molecule has 1 N–H and O–H groups in total. The third-order valence-electron chi connectivity index (χ3n) is 1.80. The van der Waals surface area contributed by atoms with Crippen LogP contribution in [0.25, 0.3) is 0 Å². The summed E-state index contributed by atoms with van der Waals surface area (Å²) in [6.07, 6.45) is 0.194. The number of carbonyl (C=O) groups excluding carboxylic acids is 2. The Morgan fingerprint density at radius 3 is 2.50 bits per heavy atom. The first-order valence-corrected chi connectivity index (χ1v) is 4.24. The van der Waals surface area contributed by atoms with Crippen molar-refractivity contribution in [3.63, 3.8) is 0 Å². The Balaban J connectivity index is 4.46. The van der Waals surface area contributed by atoms with Gasteiger partial charge in [0.15, 0.2) is 0 Å². The van der Waals surface area contributed by atoms with E-state index in [0.717, 1.165) is 0 Å². The first-order chi connectivity index (χ1) is 6.52. The van der Waals surface area contributed by atoms with Gasteiger partial charge in [-0.25, -0.2) is 4.79 Å². The van der Waals surface area contributed by atoms with Gasteiger partial charge in [-0.05, 0) is 0 Å². The molecule has 1 amide bonds. The molecule has 0 aromatic rings. The van der Waals surface area contributed by atoms with E-state index in [0.29, 0.717) is 0 Å².